The highest BCUT2D eigenvalue weighted by Crippen LogP contribution is 2.70. The molecular weight excluding hydrogens is 246 g/mol. The van der Waals surface area contributed by atoms with Gasteiger partial charge in [0.1, 0.15) is 0 Å². The predicted octanol–water partition coefficient (Wildman–Crippen LogP) is 3.62. The summed E-state index contributed by atoms with van der Waals surface area (Å²) < 4.78 is 0. The lowest BCUT2D eigenvalue weighted by Crippen LogP contribution is -2.44. The molecule has 0 atom stereocenters. The van der Waals surface area contributed by atoms with Gasteiger partial charge in [0.05, 0.1) is 6.20 Å². The second-order valence-corrected chi connectivity index (χ2v) is 6.69. The summed E-state index contributed by atoms with van der Waals surface area (Å²) >= 11 is 0. The molecular formula is C17H21N3. The van der Waals surface area contributed by atoms with E-state index in [4.69, 9.17) is 0 Å². The first-order valence-electron chi connectivity index (χ1n) is 7.46. The van der Waals surface area contributed by atoms with Gasteiger partial charge in [0, 0.05) is 23.8 Å². The lowest BCUT2D eigenvalue weighted by molar-refractivity contribution is 0.153. The van der Waals surface area contributed by atoms with Crippen LogP contribution in [0.4, 0.5) is 5.69 Å². The molecule has 2 N–H and O–H groups in total. The number of anilines is 1. The van der Waals surface area contributed by atoms with Gasteiger partial charge in [0.2, 0.25) is 0 Å². The second kappa shape index (κ2) is 3.87. The van der Waals surface area contributed by atoms with E-state index in [9.17, 15) is 0 Å². The van der Waals surface area contributed by atoms with Crippen LogP contribution in [0.5, 0.6) is 0 Å². The van der Waals surface area contributed by atoms with Gasteiger partial charge in [-0.3, -0.25) is 5.10 Å². The quantitative estimate of drug-likeness (QED) is 0.891. The number of benzene rings is 1. The summed E-state index contributed by atoms with van der Waals surface area (Å²) in [5.41, 5.74) is 6.03. The zero-order chi connectivity index (χ0) is 13.8. The van der Waals surface area contributed by atoms with E-state index in [1.807, 2.05) is 13.2 Å². The third-order valence-corrected chi connectivity index (χ3v) is 5.32. The number of rotatable bonds is 3. The van der Waals surface area contributed by atoms with Crippen LogP contribution in [0.1, 0.15) is 42.5 Å². The Kier molecular flexibility index (Phi) is 2.33. The Morgan fingerprint density at radius 2 is 2.05 bits per heavy atom. The maximum Gasteiger partial charge on any atom is 0.0519 e. The van der Waals surface area contributed by atoms with Crippen LogP contribution in [-0.2, 0) is 5.41 Å². The summed E-state index contributed by atoms with van der Waals surface area (Å²) in [5, 5.41) is 10.8. The fraction of sp³-hybridized carbons (Fsp3) is 0.471. The van der Waals surface area contributed by atoms with E-state index in [1.165, 1.54) is 48.2 Å². The van der Waals surface area contributed by atoms with Crippen molar-refractivity contribution in [3.8, 4) is 0 Å². The highest BCUT2D eigenvalue weighted by atomic mass is 15.1. The fourth-order valence-electron chi connectivity index (χ4n) is 4.09. The van der Waals surface area contributed by atoms with E-state index in [0.717, 1.165) is 0 Å². The molecule has 3 heteroatoms. The molecule has 3 nitrogen and oxygen atoms in total. The fourth-order valence-corrected chi connectivity index (χ4v) is 4.09. The van der Waals surface area contributed by atoms with Gasteiger partial charge in [-0.25, -0.2) is 0 Å². The van der Waals surface area contributed by atoms with Crippen molar-refractivity contribution < 1.29 is 0 Å². The van der Waals surface area contributed by atoms with E-state index in [2.05, 4.69) is 46.7 Å². The van der Waals surface area contributed by atoms with Gasteiger partial charge < -0.3 is 5.32 Å². The van der Waals surface area contributed by atoms with Crippen LogP contribution in [0.2, 0.25) is 0 Å². The van der Waals surface area contributed by atoms with Crippen molar-refractivity contribution in [1.82, 2.24) is 10.2 Å². The van der Waals surface area contributed by atoms with Crippen molar-refractivity contribution in [3.05, 3.63) is 47.3 Å². The van der Waals surface area contributed by atoms with Crippen LogP contribution in [-0.4, -0.2) is 17.2 Å². The number of H-pyrrole nitrogens is 1. The third kappa shape index (κ3) is 1.55. The lowest BCUT2D eigenvalue weighted by atomic mass is 9.54. The average molecular weight is 267 g/mol. The molecule has 0 saturated heterocycles. The Morgan fingerprint density at radius 3 is 2.65 bits per heavy atom. The highest BCUT2D eigenvalue weighted by Gasteiger charge is 2.62. The van der Waals surface area contributed by atoms with Gasteiger partial charge >= 0.3 is 0 Å². The molecule has 20 heavy (non-hydrogen) atoms. The average Bonchev–Trinajstić information content (AvgIpc) is 3.12. The van der Waals surface area contributed by atoms with Crippen LogP contribution in [0.15, 0.2) is 30.5 Å². The maximum atomic E-state index is 4.27. The molecule has 0 radical (unpaired) electrons. The van der Waals surface area contributed by atoms with Crippen molar-refractivity contribution in [1.29, 1.82) is 0 Å². The topological polar surface area (TPSA) is 40.7 Å². The molecule has 1 heterocycles. The molecule has 4 rings (SSSR count). The zero-order valence-electron chi connectivity index (χ0n) is 12.2. The van der Waals surface area contributed by atoms with Gasteiger partial charge in [0.15, 0.2) is 0 Å². The van der Waals surface area contributed by atoms with Crippen molar-refractivity contribution in [3.63, 3.8) is 0 Å². The van der Waals surface area contributed by atoms with E-state index in [-0.39, 0.29) is 5.41 Å². The maximum absolute atomic E-state index is 4.27. The molecule has 2 saturated carbocycles. The van der Waals surface area contributed by atoms with E-state index in [0.29, 0.717) is 5.41 Å². The molecule has 2 aromatic rings. The molecule has 0 amide bonds. The number of hydrogen-bond acceptors (Lipinski definition) is 2. The SMILES string of the molecule is CNc1cccc(C2(c3[nH]ncc3C)CC3(CC3)C2)c1. The van der Waals surface area contributed by atoms with Gasteiger partial charge in [-0.15, -0.1) is 0 Å². The number of aryl methyl sites for hydroxylation is 1. The van der Waals surface area contributed by atoms with Crippen LogP contribution >= 0.6 is 0 Å². The van der Waals surface area contributed by atoms with Gasteiger partial charge in [-0.05, 0) is 61.3 Å². The largest absolute Gasteiger partial charge is 0.388 e. The van der Waals surface area contributed by atoms with Crippen molar-refractivity contribution in [2.75, 3.05) is 12.4 Å². The van der Waals surface area contributed by atoms with Gasteiger partial charge in [-0.2, -0.15) is 5.10 Å². The molecule has 0 aliphatic heterocycles. The van der Waals surface area contributed by atoms with E-state index < -0.39 is 0 Å². The first kappa shape index (κ1) is 12.0. The molecule has 0 unspecified atom stereocenters. The molecule has 2 aliphatic carbocycles. The van der Waals surface area contributed by atoms with Crippen molar-refractivity contribution >= 4 is 5.69 Å². The Balaban J connectivity index is 1.81. The summed E-state index contributed by atoms with van der Waals surface area (Å²) in [4.78, 5) is 0. The number of aromatic nitrogens is 2. The smallest absolute Gasteiger partial charge is 0.0519 e. The second-order valence-electron chi connectivity index (χ2n) is 6.69. The highest BCUT2D eigenvalue weighted by molar-refractivity contribution is 5.52. The van der Waals surface area contributed by atoms with E-state index >= 15 is 0 Å². The minimum atomic E-state index is 0.157. The molecule has 1 spiro atoms. The first-order chi connectivity index (χ1) is 9.67. The minimum absolute atomic E-state index is 0.157. The zero-order valence-corrected chi connectivity index (χ0v) is 12.2. The Labute approximate surface area is 119 Å². The van der Waals surface area contributed by atoms with Crippen molar-refractivity contribution in [2.24, 2.45) is 5.41 Å². The summed E-state index contributed by atoms with van der Waals surface area (Å²) in [6.07, 6.45) is 7.32. The Hall–Kier alpha value is -1.77. The van der Waals surface area contributed by atoms with Crippen LogP contribution in [0, 0.1) is 12.3 Å². The molecule has 0 bridgehead atoms. The van der Waals surface area contributed by atoms with E-state index in [1.54, 1.807) is 0 Å². The Bertz CT molecular complexity index is 644. The molecule has 2 fully saturated rings. The van der Waals surface area contributed by atoms with Gasteiger partial charge in [-0.1, -0.05) is 12.1 Å². The summed E-state index contributed by atoms with van der Waals surface area (Å²) in [5.74, 6) is 0. The molecule has 1 aromatic carbocycles. The molecule has 1 aromatic heterocycles. The van der Waals surface area contributed by atoms with Gasteiger partial charge in [0.25, 0.3) is 0 Å². The Morgan fingerprint density at radius 1 is 1.25 bits per heavy atom. The lowest BCUT2D eigenvalue weighted by Gasteiger charge is -2.49. The summed E-state index contributed by atoms with van der Waals surface area (Å²) in [7, 11) is 1.98. The van der Waals surface area contributed by atoms with Crippen molar-refractivity contribution in [2.45, 2.75) is 38.0 Å². The number of aromatic amines is 1. The molecule has 2 aliphatic rings. The predicted molar refractivity (Wildman–Crippen MR) is 81.0 cm³/mol. The number of hydrogen-bond donors (Lipinski definition) is 2. The van der Waals surface area contributed by atoms with Crippen LogP contribution < -0.4 is 5.32 Å². The minimum Gasteiger partial charge on any atom is -0.388 e. The monoisotopic (exact) mass is 267 g/mol. The van der Waals surface area contributed by atoms with Crippen LogP contribution in [0.25, 0.3) is 0 Å². The molecule has 104 valence electrons. The number of nitrogens with one attached hydrogen (secondary N) is 2. The standard InChI is InChI=1S/C17H21N3/c1-12-9-19-20-15(12)17(10-16(11-17)6-7-16)13-4-3-5-14(8-13)18-2/h3-5,8-9,18H,6-7,10-11H2,1-2H3,(H,19,20). The first-order valence-corrected chi connectivity index (χ1v) is 7.46. The summed E-state index contributed by atoms with van der Waals surface area (Å²) in [6, 6.07) is 8.86. The summed E-state index contributed by atoms with van der Waals surface area (Å²) in [6.45, 7) is 2.17. The normalized spacial score (nSPS) is 21.5. The third-order valence-electron chi connectivity index (χ3n) is 5.32. The van der Waals surface area contributed by atoms with Crippen LogP contribution in [0.3, 0.4) is 0 Å². The number of nitrogens with zero attached hydrogens (tertiary/aromatic N) is 1.